The van der Waals surface area contributed by atoms with E-state index in [0.717, 1.165) is 33.4 Å². The van der Waals surface area contributed by atoms with Crippen LogP contribution in [-0.2, 0) is 15.0 Å². The fourth-order valence-corrected chi connectivity index (χ4v) is 3.40. The Bertz CT molecular complexity index is 787. The van der Waals surface area contributed by atoms with Gasteiger partial charge in [0.2, 0.25) is 0 Å². The minimum absolute atomic E-state index is 0.269. The molecule has 0 heterocycles. The second-order valence-corrected chi connectivity index (χ2v) is 7.69. The van der Waals surface area contributed by atoms with E-state index in [-0.39, 0.29) is 17.4 Å². The molecule has 27 heavy (non-hydrogen) atoms. The van der Waals surface area contributed by atoms with Gasteiger partial charge in [-0.25, -0.2) is 0 Å². The van der Waals surface area contributed by atoms with Gasteiger partial charge in [-0.1, -0.05) is 38.1 Å². The SMILES string of the molecule is CC(=O)Oc1c(C)cc(C(C)(C)c2cc(C)c(OC(C)=O)c(C)c2)cc1C. The predicted molar refractivity (Wildman–Crippen MR) is 107 cm³/mol. The number of hydrogen-bond acceptors (Lipinski definition) is 4. The molecule has 144 valence electrons. The lowest BCUT2D eigenvalue weighted by molar-refractivity contribution is -0.132. The molecule has 0 unspecified atom stereocenters. The Balaban J connectivity index is 2.53. The molecule has 0 spiro atoms. The van der Waals surface area contributed by atoms with E-state index in [1.54, 1.807) is 0 Å². The van der Waals surface area contributed by atoms with E-state index in [1.165, 1.54) is 13.8 Å². The van der Waals surface area contributed by atoms with Crippen LogP contribution in [0.3, 0.4) is 0 Å². The Labute approximate surface area is 161 Å². The molecule has 0 aliphatic rings. The third kappa shape index (κ3) is 4.38. The van der Waals surface area contributed by atoms with Crippen LogP contribution in [-0.4, -0.2) is 11.9 Å². The van der Waals surface area contributed by atoms with Crippen LogP contribution >= 0.6 is 0 Å². The summed E-state index contributed by atoms with van der Waals surface area (Å²) in [7, 11) is 0. The van der Waals surface area contributed by atoms with Crippen molar-refractivity contribution in [1.82, 2.24) is 0 Å². The van der Waals surface area contributed by atoms with Gasteiger partial charge in [-0.05, 0) is 61.1 Å². The normalized spacial score (nSPS) is 11.3. The van der Waals surface area contributed by atoms with Crippen LogP contribution in [0.15, 0.2) is 24.3 Å². The highest BCUT2D eigenvalue weighted by Crippen LogP contribution is 2.38. The molecule has 0 aliphatic carbocycles. The molecule has 0 aromatic heterocycles. The highest BCUT2D eigenvalue weighted by molar-refractivity contribution is 5.71. The van der Waals surface area contributed by atoms with Gasteiger partial charge in [0.25, 0.3) is 0 Å². The van der Waals surface area contributed by atoms with Crippen molar-refractivity contribution in [3.8, 4) is 11.5 Å². The van der Waals surface area contributed by atoms with Crippen LogP contribution in [0.2, 0.25) is 0 Å². The van der Waals surface area contributed by atoms with Gasteiger partial charge in [-0.2, -0.15) is 0 Å². The van der Waals surface area contributed by atoms with Crippen LogP contribution in [0.4, 0.5) is 0 Å². The minimum atomic E-state index is -0.319. The maximum atomic E-state index is 11.3. The van der Waals surface area contributed by atoms with E-state index >= 15 is 0 Å². The van der Waals surface area contributed by atoms with Gasteiger partial charge < -0.3 is 9.47 Å². The predicted octanol–water partition coefficient (Wildman–Crippen LogP) is 5.10. The fourth-order valence-electron chi connectivity index (χ4n) is 3.40. The van der Waals surface area contributed by atoms with Crippen molar-refractivity contribution >= 4 is 11.9 Å². The van der Waals surface area contributed by atoms with Crippen molar-refractivity contribution in [2.24, 2.45) is 0 Å². The van der Waals surface area contributed by atoms with Gasteiger partial charge in [0.1, 0.15) is 11.5 Å². The number of carbonyl (C=O) groups excluding carboxylic acids is 2. The van der Waals surface area contributed by atoms with Crippen LogP contribution in [0.1, 0.15) is 61.1 Å². The average molecular weight is 368 g/mol. The van der Waals surface area contributed by atoms with E-state index in [1.807, 2.05) is 27.7 Å². The molecule has 0 fully saturated rings. The van der Waals surface area contributed by atoms with Crippen molar-refractivity contribution in [3.63, 3.8) is 0 Å². The summed E-state index contributed by atoms with van der Waals surface area (Å²) in [6, 6.07) is 8.26. The average Bonchev–Trinajstić information content (AvgIpc) is 2.53. The van der Waals surface area contributed by atoms with Crippen LogP contribution < -0.4 is 9.47 Å². The van der Waals surface area contributed by atoms with Crippen molar-refractivity contribution < 1.29 is 19.1 Å². The first-order chi connectivity index (χ1) is 12.4. The van der Waals surface area contributed by atoms with Crippen LogP contribution in [0.5, 0.6) is 11.5 Å². The van der Waals surface area contributed by atoms with Gasteiger partial charge in [0.15, 0.2) is 0 Å². The quantitative estimate of drug-likeness (QED) is 0.557. The number of esters is 2. The third-order valence-corrected chi connectivity index (χ3v) is 4.86. The molecule has 0 radical (unpaired) electrons. The Hall–Kier alpha value is -2.62. The van der Waals surface area contributed by atoms with E-state index in [2.05, 4.69) is 38.1 Å². The van der Waals surface area contributed by atoms with Crippen molar-refractivity contribution in [3.05, 3.63) is 57.6 Å². The number of ether oxygens (including phenoxy) is 2. The molecule has 0 bridgehead atoms. The zero-order valence-electron chi connectivity index (χ0n) is 17.4. The van der Waals surface area contributed by atoms with Crippen molar-refractivity contribution in [1.29, 1.82) is 0 Å². The Morgan fingerprint density at radius 3 is 1.15 bits per heavy atom. The molecule has 2 aromatic rings. The number of hydrogen-bond donors (Lipinski definition) is 0. The van der Waals surface area contributed by atoms with E-state index < -0.39 is 0 Å². The van der Waals surface area contributed by atoms with E-state index in [4.69, 9.17) is 9.47 Å². The maximum absolute atomic E-state index is 11.3. The van der Waals surface area contributed by atoms with Gasteiger partial charge in [0, 0.05) is 19.3 Å². The molecular formula is C23H28O4. The summed E-state index contributed by atoms with van der Waals surface area (Å²) in [6.07, 6.45) is 0. The molecule has 0 saturated carbocycles. The van der Waals surface area contributed by atoms with Crippen molar-refractivity contribution in [2.45, 2.75) is 60.8 Å². The van der Waals surface area contributed by atoms with Crippen LogP contribution in [0, 0.1) is 27.7 Å². The first-order valence-electron chi connectivity index (χ1n) is 9.03. The number of benzene rings is 2. The molecule has 4 heteroatoms. The lowest BCUT2D eigenvalue weighted by atomic mass is 9.76. The van der Waals surface area contributed by atoms with Gasteiger partial charge in [-0.3, -0.25) is 9.59 Å². The zero-order valence-corrected chi connectivity index (χ0v) is 17.4. The molecule has 0 amide bonds. The standard InChI is InChI=1S/C23H28O4/c1-13-9-19(10-14(2)21(13)26-17(5)24)23(7,8)20-11-15(3)22(16(4)12-20)27-18(6)25/h9-12H,1-8H3. The minimum Gasteiger partial charge on any atom is -0.426 e. The summed E-state index contributed by atoms with van der Waals surface area (Å²) in [5.41, 5.74) is 5.71. The third-order valence-electron chi connectivity index (χ3n) is 4.86. The Morgan fingerprint density at radius 1 is 0.667 bits per heavy atom. The molecular weight excluding hydrogens is 340 g/mol. The first kappa shape index (κ1) is 20.7. The summed E-state index contributed by atoms with van der Waals surface area (Å²) >= 11 is 0. The fraction of sp³-hybridized carbons (Fsp3) is 0.391. The lowest BCUT2D eigenvalue weighted by Crippen LogP contribution is -2.20. The lowest BCUT2D eigenvalue weighted by Gasteiger charge is -2.29. The highest BCUT2D eigenvalue weighted by Gasteiger charge is 2.26. The van der Waals surface area contributed by atoms with Gasteiger partial charge in [0.05, 0.1) is 0 Å². The molecule has 0 aliphatic heterocycles. The van der Waals surface area contributed by atoms with Gasteiger partial charge in [-0.15, -0.1) is 0 Å². The van der Waals surface area contributed by atoms with Gasteiger partial charge >= 0.3 is 11.9 Å². The Morgan fingerprint density at radius 2 is 0.926 bits per heavy atom. The van der Waals surface area contributed by atoms with E-state index in [0.29, 0.717) is 11.5 Å². The maximum Gasteiger partial charge on any atom is 0.308 e. The largest absolute Gasteiger partial charge is 0.426 e. The summed E-state index contributed by atoms with van der Waals surface area (Å²) in [6.45, 7) is 14.9. The van der Waals surface area contributed by atoms with Crippen LogP contribution in [0.25, 0.3) is 0 Å². The molecule has 2 aromatic carbocycles. The van der Waals surface area contributed by atoms with Crippen molar-refractivity contribution in [2.75, 3.05) is 0 Å². The number of rotatable bonds is 4. The Kier molecular flexibility index (Phi) is 5.79. The molecule has 0 saturated heterocycles. The summed E-state index contributed by atoms with van der Waals surface area (Å²) in [4.78, 5) is 22.7. The smallest absolute Gasteiger partial charge is 0.308 e. The zero-order chi connectivity index (χ0) is 20.5. The van der Waals surface area contributed by atoms with E-state index in [9.17, 15) is 9.59 Å². The summed E-state index contributed by atoms with van der Waals surface area (Å²) < 4.78 is 10.7. The highest BCUT2D eigenvalue weighted by atomic mass is 16.5. The monoisotopic (exact) mass is 368 g/mol. The second-order valence-electron chi connectivity index (χ2n) is 7.69. The number of aryl methyl sites for hydroxylation is 4. The first-order valence-corrected chi connectivity index (χ1v) is 9.03. The molecule has 0 atom stereocenters. The molecule has 0 N–H and O–H groups in total. The molecule has 4 nitrogen and oxygen atoms in total. The second kappa shape index (κ2) is 7.55. The molecule has 2 rings (SSSR count). The summed E-state index contributed by atoms with van der Waals surface area (Å²) in [5.74, 6) is 0.611. The summed E-state index contributed by atoms with van der Waals surface area (Å²) in [5, 5.41) is 0. The topological polar surface area (TPSA) is 52.6 Å². The number of carbonyl (C=O) groups is 2.